The van der Waals surface area contributed by atoms with Crippen molar-refractivity contribution in [2.45, 2.75) is 39.2 Å². The van der Waals surface area contributed by atoms with E-state index in [1.54, 1.807) is 10.7 Å². The summed E-state index contributed by atoms with van der Waals surface area (Å²) in [6.45, 7) is 2.25. The minimum atomic E-state index is -0.204. The fourth-order valence-corrected chi connectivity index (χ4v) is 4.55. The lowest BCUT2D eigenvalue weighted by Crippen LogP contribution is -2.23. The molecule has 0 spiro atoms. The van der Waals surface area contributed by atoms with E-state index in [2.05, 4.69) is 5.32 Å². The molecule has 0 unspecified atom stereocenters. The molecule has 0 aliphatic carbocycles. The zero-order valence-corrected chi connectivity index (χ0v) is 20.4. The molecule has 0 atom stereocenters. The molecule has 0 aliphatic heterocycles. The summed E-state index contributed by atoms with van der Waals surface area (Å²) in [6, 6.07) is 23.3. The number of rotatable bonds is 11. The molecule has 4 aromatic rings. The van der Waals surface area contributed by atoms with Gasteiger partial charge in [-0.25, -0.2) is 4.68 Å². The molecular formula is C28H27N3O3S. The molecule has 1 amide bonds. The van der Waals surface area contributed by atoms with E-state index >= 15 is 0 Å². The first-order valence-electron chi connectivity index (χ1n) is 11.6. The monoisotopic (exact) mass is 485 g/mol. The second-order valence-corrected chi connectivity index (χ2v) is 9.59. The van der Waals surface area contributed by atoms with Crippen LogP contribution in [0.3, 0.4) is 0 Å². The van der Waals surface area contributed by atoms with Gasteiger partial charge in [0.05, 0.1) is 16.3 Å². The Morgan fingerprint density at radius 2 is 1.54 bits per heavy atom. The average Bonchev–Trinajstić information content (AvgIpc) is 3.52. The minimum Gasteiger partial charge on any atom is -0.352 e. The predicted octanol–water partition coefficient (Wildman–Crippen LogP) is 5.54. The molecule has 0 saturated carbocycles. The number of amides is 1. The Balaban J connectivity index is 1.32. The Morgan fingerprint density at radius 3 is 2.23 bits per heavy atom. The molecule has 0 radical (unpaired) electrons. The number of ketones is 2. The smallest absolute Gasteiger partial charge is 0.220 e. The maximum absolute atomic E-state index is 12.5. The lowest BCUT2D eigenvalue weighted by atomic mass is 10.1. The third kappa shape index (κ3) is 6.61. The minimum absolute atomic E-state index is 0.0234. The summed E-state index contributed by atoms with van der Waals surface area (Å²) in [6.07, 6.45) is 2.47. The van der Waals surface area contributed by atoms with E-state index in [9.17, 15) is 14.4 Å². The highest BCUT2D eigenvalue weighted by molar-refractivity contribution is 7.14. The standard InChI is InChI=1S/C28H27N3O3S/c1-20-12-16-26(35-20)25(33)15-13-24(32)14-17-27(34)29-18-22-19-31(23-10-6-3-7-11-23)30-28(22)21-8-4-2-5-9-21/h2-12,16,19H,13-15,17-18H2,1H3,(H,29,34). The number of para-hydroxylation sites is 1. The third-order valence-corrected chi connectivity index (χ3v) is 6.65. The van der Waals surface area contributed by atoms with Crippen LogP contribution in [0.15, 0.2) is 79.0 Å². The molecule has 4 rings (SSSR count). The molecule has 0 fully saturated rings. The van der Waals surface area contributed by atoms with Crippen molar-refractivity contribution in [1.82, 2.24) is 15.1 Å². The van der Waals surface area contributed by atoms with Gasteiger partial charge in [0.1, 0.15) is 5.78 Å². The van der Waals surface area contributed by atoms with Gasteiger partial charge in [0.15, 0.2) is 5.78 Å². The molecule has 1 N–H and O–H groups in total. The van der Waals surface area contributed by atoms with Crippen LogP contribution < -0.4 is 5.32 Å². The Bertz CT molecular complexity index is 1310. The molecule has 7 heteroatoms. The van der Waals surface area contributed by atoms with Crippen LogP contribution in [-0.2, 0) is 16.1 Å². The Labute approximate surface area is 208 Å². The van der Waals surface area contributed by atoms with E-state index in [1.165, 1.54) is 11.3 Å². The van der Waals surface area contributed by atoms with Crippen molar-refractivity contribution in [1.29, 1.82) is 0 Å². The van der Waals surface area contributed by atoms with E-state index in [-0.39, 0.29) is 43.2 Å². The maximum atomic E-state index is 12.5. The number of hydrogen-bond acceptors (Lipinski definition) is 5. The highest BCUT2D eigenvalue weighted by atomic mass is 32.1. The largest absolute Gasteiger partial charge is 0.352 e. The maximum Gasteiger partial charge on any atom is 0.220 e. The fraction of sp³-hybridized carbons (Fsp3) is 0.214. The van der Waals surface area contributed by atoms with Crippen LogP contribution >= 0.6 is 11.3 Å². The Hall–Kier alpha value is -3.84. The van der Waals surface area contributed by atoms with Crippen LogP contribution in [0, 0.1) is 6.92 Å². The lowest BCUT2D eigenvalue weighted by Gasteiger charge is -2.06. The van der Waals surface area contributed by atoms with Gasteiger partial charge in [-0.05, 0) is 31.2 Å². The molecule has 178 valence electrons. The number of hydrogen-bond donors (Lipinski definition) is 1. The van der Waals surface area contributed by atoms with E-state index in [4.69, 9.17) is 5.10 Å². The number of nitrogens with zero attached hydrogens (tertiary/aromatic N) is 2. The van der Waals surface area contributed by atoms with Crippen molar-refractivity contribution in [3.63, 3.8) is 0 Å². The van der Waals surface area contributed by atoms with Gasteiger partial charge in [-0.1, -0.05) is 48.5 Å². The van der Waals surface area contributed by atoms with Gasteiger partial charge in [0.25, 0.3) is 0 Å². The van der Waals surface area contributed by atoms with Crippen molar-refractivity contribution in [3.8, 4) is 16.9 Å². The highest BCUT2D eigenvalue weighted by Gasteiger charge is 2.15. The summed E-state index contributed by atoms with van der Waals surface area (Å²) in [4.78, 5) is 38.6. The van der Waals surface area contributed by atoms with Crippen molar-refractivity contribution in [2.24, 2.45) is 0 Å². The summed E-state index contributed by atoms with van der Waals surface area (Å²) < 4.78 is 1.81. The van der Waals surface area contributed by atoms with Gasteiger partial charge < -0.3 is 5.32 Å². The van der Waals surface area contributed by atoms with Crippen LogP contribution in [0.1, 0.15) is 45.8 Å². The van der Waals surface area contributed by atoms with E-state index in [0.717, 1.165) is 27.4 Å². The van der Waals surface area contributed by atoms with E-state index in [0.29, 0.717) is 11.4 Å². The number of Topliss-reactive ketones (excluding diaryl/α,β-unsaturated/α-hetero) is 2. The molecule has 0 aliphatic rings. The molecule has 6 nitrogen and oxygen atoms in total. The zero-order valence-electron chi connectivity index (χ0n) is 19.6. The number of carbonyl (C=O) groups is 3. The first-order valence-corrected chi connectivity index (χ1v) is 12.4. The molecule has 0 saturated heterocycles. The van der Waals surface area contributed by atoms with Gasteiger partial charge in [-0.3, -0.25) is 14.4 Å². The van der Waals surface area contributed by atoms with Crippen LogP contribution in [0.2, 0.25) is 0 Å². The van der Waals surface area contributed by atoms with Gasteiger partial charge >= 0.3 is 0 Å². The van der Waals surface area contributed by atoms with Gasteiger partial charge in [-0.2, -0.15) is 5.10 Å². The number of thiophene rings is 1. The topological polar surface area (TPSA) is 81.1 Å². The molecular weight excluding hydrogens is 458 g/mol. The summed E-state index contributed by atoms with van der Waals surface area (Å²) in [7, 11) is 0. The number of aryl methyl sites for hydroxylation is 1. The normalized spacial score (nSPS) is 10.8. The van der Waals surface area contributed by atoms with Crippen LogP contribution in [-0.4, -0.2) is 27.3 Å². The molecule has 35 heavy (non-hydrogen) atoms. The first kappa shape index (κ1) is 24.3. The van der Waals surface area contributed by atoms with Crippen LogP contribution in [0.25, 0.3) is 16.9 Å². The number of benzene rings is 2. The van der Waals surface area contributed by atoms with E-state index < -0.39 is 0 Å². The summed E-state index contributed by atoms with van der Waals surface area (Å²) in [5.41, 5.74) is 3.58. The molecule has 2 aromatic heterocycles. The SMILES string of the molecule is Cc1ccc(C(=O)CCC(=O)CCC(=O)NCc2cn(-c3ccccc3)nc2-c2ccccc2)s1. The number of carbonyl (C=O) groups excluding carboxylic acids is 3. The van der Waals surface area contributed by atoms with E-state index in [1.807, 2.05) is 79.9 Å². The fourth-order valence-electron chi connectivity index (χ4n) is 3.71. The second-order valence-electron chi connectivity index (χ2n) is 8.30. The molecule has 2 heterocycles. The Morgan fingerprint density at radius 1 is 0.857 bits per heavy atom. The summed E-state index contributed by atoms with van der Waals surface area (Å²) in [5.74, 6) is -0.307. The summed E-state index contributed by atoms with van der Waals surface area (Å²) in [5, 5.41) is 7.66. The quantitative estimate of drug-likeness (QED) is 0.283. The third-order valence-electron chi connectivity index (χ3n) is 5.61. The van der Waals surface area contributed by atoms with Gasteiger partial charge in [0, 0.05) is 54.4 Å². The van der Waals surface area contributed by atoms with Crippen LogP contribution in [0.5, 0.6) is 0 Å². The highest BCUT2D eigenvalue weighted by Crippen LogP contribution is 2.23. The number of aromatic nitrogens is 2. The second kappa shape index (κ2) is 11.5. The van der Waals surface area contributed by atoms with Crippen molar-refractivity contribution < 1.29 is 14.4 Å². The number of nitrogens with one attached hydrogen (secondary N) is 1. The first-order chi connectivity index (χ1) is 17.0. The van der Waals surface area contributed by atoms with Crippen LogP contribution in [0.4, 0.5) is 0 Å². The van der Waals surface area contributed by atoms with Crippen molar-refractivity contribution in [3.05, 3.63) is 94.3 Å². The van der Waals surface area contributed by atoms with Crippen molar-refractivity contribution >= 4 is 28.8 Å². The van der Waals surface area contributed by atoms with Gasteiger partial charge in [0.2, 0.25) is 5.91 Å². The summed E-state index contributed by atoms with van der Waals surface area (Å²) >= 11 is 1.44. The average molecular weight is 486 g/mol. The zero-order chi connectivity index (χ0) is 24.6. The molecule has 0 bridgehead atoms. The lowest BCUT2D eigenvalue weighted by molar-refractivity contribution is -0.125. The van der Waals surface area contributed by atoms with Gasteiger partial charge in [-0.15, -0.1) is 11.3 Å². The van der Waals surface area contributed by atoms with Crippen molar-refractivity contribution in [2.75, 3.05) is 0 Å². The Kier molecular flexibility index (Phi) is 8.00. The molecule has 2 aromatic carbocycles. The predicted molar refractivity (Wildman–Crippen MR) is 138 cm³/mol.